The maximum absolute atomic E-state index is 12.6. The van der Waals surface area contributed by atoms with Crippen molar-refractivity contribution < 1.29 is 23.8 Å². The van der Waals surface area contributed by atoms with E-state index < -0.39 is 0 Å². The topological polar surface area (TPSA) is 85.9 Å². The zero-order chi connectivity index (χ0) is 22.9. The number of methoxy groups -OCH3 is 1. The summed E-state index contributed by atoms with van der Waals surface area (Å²) < 4.78 is 16.2. The summed E-state index contributed by atoms with van der Waals surface area (Å²) in [6.07, 6.45) is 0. The monoisotopic (exact) mass is 434 g/mol. The molecule has 0 saturated heterocycles. The summed E-state index contributed by atoms with van der Waals surface area (Å²) in [4.78, 5) is 24.7. The average Bonchev–Trinajstić information content (AvgIpc) is 2.80. The van der Waals surface area contributed by atoms with Gasteiger partial charge in [-0.05, 0) is 80.1 Å². The van der Waals surface area contributed by atoms with Gasteiger partial charge >= 0.3 is 0 Å². The van der Waals surface area contributed by atoms with E-state index in [2.05, 4.69) is 10.6 Å². The first-order valence-corrected chi connectivity index (χ1v) is 10.2. The van der Waals surface area contributed by atoms with Crippen LogP contribution in [0.3, 0.4) is 0 Å². The first-order chi connectivity index (χ1) is 15.5. The second-order valence-electron chi connectivity index (χ2n) is 6.98. The molecule has 0 aromatic heterocycles. The SMILES string of the molecule is CCOc1ccc(NC(=O)COc2ccc(C(=O)Nc3cc(C)ccc3OC)cc2)cc1. The van der Waals surface area contributed by atoms with Crippen LogP contribution in [0, 0.1) is 6.92 Å². The fourth-order valence-corrected chi connectivity index (χ4v) is 2.96. The van der Waals surface area contributed by atoms with Crippen LogP contribution in [-0.2, 0) is 4.79 Å². The van der Waals surface area contributed by atoms with Gasteiger partial charge in [0.25, 0.3) is 11.8 Å². The van der Waals surface area contributed by atoms with Gasteiger partial charge < -0.3 is 24.8 Å². The van der Waals surface area contributed by atoms with Gasteiger partial charge in [-0.2, -0.15) is 0 Å². The van der Waals surface area contributed by atoms with Gasteiger partial charge in [-0.1, -0.05) is 6.07 Å². The third-order valence-corrected chi connectivity index (χ3v) is 4.54. The van der Waals surface area contributed by atoms with Gasteiger partial charge in [0.2, 0.25) is 0 Å². The van der Waals surface area contributed by atoms with E-state index in [1.54, 1.807) is 61.7 Å². The Morgan fingerprint density at radius 3 is 2.16 bits per heavy atom. The lowest BCUT2D eigenvalue weighted by Crippen LogP contribution is -2.20. The van der Waals surface area contributed by atoms with Crippen molar-refractivity contribution in [2.45, 2.75) is 13.8 Å². The fourth-order valence-electron chi connectivity index (χ4n) is 2.96. The Kier molecular flexibility index (Phi) is 7.70. The highest BCUT2D eigenvalue weighted by atomic mass is 16.5. The number of amides is 2. The Labute approximate surface area is 187 Å². The minimum atomic E-state index is -0.289. The predicted octanol–water partition coefficient (Wildman–Crippen LogP) is 4.67. The lowest BCUT2D eigenvalue weighted by molar-refractivity contribution is -0.118. The molecule has 0 unspecified atom stereocenters. The van der Waals surface area contributed by atoms with Gasteiger partial charge in [-0.3, -0.25) is 9.59 Å². The average molecular weight is 434 g/mol. The molecule has 0 atom stereocenters. The summed E-state index contributed by atoms with van der Waals surface area (Å²) in [5, 5.41) is 5.61. The van der Waals surface area contributed by atoms with Crippen molar-refractivity contribution in [2.75, 3.05) is 31.0 Å². The number of carbonyl (C=O) groups is 2. The summed E-state index contributed by atoms with van der Waals surface area (Å²) >= 11 is 0. The molecule has 7 heteroatoms. The molecule has 7 nitrogen and oxygen atoms in total. The number of carbonyl (C=O) groups excluding carboxylic acids is 2. The van der Waals surface area contributed by atoms with Crippen LogP contribution in [0.15, 0.2) is 66.7 Å². The molecule has 0 aliphatic rings. The Bertz CT molecular complexity index is 1060. The van der Waals surface area contributed by atoms with E-state index in [1.807, 2.05) is 26.0 Å². The van der Waals surface area contributed by atoms with Gasteiger partial charge in [0, 0.05) is 11.3 Å². The van der Waals surface area contributed by atoms with Crippen molar-refractivity contribution in [3.63, 3.8) is 0 Å². The van der Waals surface area contributed by atoms with E-state index in [1.165, 1.54) is 0 Å². The molecule has 0 saturated carbocycles. The maximum atomic E-state index is 12.6. The third kappa shape index (κ3) is 6.25. The molecular formula is C25H26N2O5. The second kappa shape index (κ2) is 10.9. The largest absolute Gasteiger partial charge is 0.495 e. The molecule has 3 rings (SSSR count). The van der Waals surface area contributed by atoms with Gasteiger partial charge in [0.15, 0.2) is 6.61 Å². The molecule has 2 N–H and O–H groups in total. The number of hydrogen-bond acceptors (Lipinski definition) is 5. The lowest BCUT2D eigenvalue weighted by Gasteiger charge is -2.12. The summed E-state index contributed by atoms with van der Waals surface area (Å²) in [6.45, 7) is 4.28. The predicted molar refractivity (Wildman–Crippen MR) is 124 cm³/mol. The Hall–Kier alpha value is -4.00. The van der Waals surface area contributed by atoms with Crippen LogP contribution in [0.1, 0.15) is 22.8 Å². The number of nitrogens with one attached hydrogen (secondary N) is 2. The van der Waals surface area contributed by atoms with Gasteiger partial charge in [-0.15, -0.1) is 0 Å². The molecule has 166 valence electrons. The van der Waals surface area contributed by atoms with Crippen LogP contribution < -0.4 is 24.8 Å². The molecular weight excluding hydrogens is 408 g/mol. The molecule has 3 aromatic carbocycles. The molecule has 0 aliphatic heterocycles. The number of ether oxygens (including phenoxy) is 3. The number of aryl methyl sites for hydroxylation is 1. The molecule has 3 aromatic rings. The molecule has 0 heterocycles. The van der Waals surface area contributed by atoms with Crippen LogP contribution in [0.5, 0.6) is 17.2 Å². The van der Waals surface area contributed by atoms with E-state index in [0.717, 1.165) is 11.3 Å². The molecule has 0 aliphatic carbocycles. The third-order valence-electron chi connectivity index (χ3n) is 4.54. The minimum Gasteiger partial charge on any atom is -0.495 e. The standard InChI is InChI=1S/C25H26N2O5/c1-4-31-20-12-8-19(9-13-20)26-24(28)16-32-21-10-6-18(7-11-21)25(29)27-22-15-17(2)5-14-23(22)30-3/h5-15H,4,16H2,1-3H3,(H,26,28)(H,27,29). The van der Waals surface area contributed by atoms with Crippen molar-refractivity contribution in [3.05, 3.63) is 77.9 Å². The van der Waals surface area contributed by atoms with Crippen molar-refractivity contribution >= 4 is 23.2 Å². The van der Waals surface area contributed by atoms with Crippen LogP contribution in [0.25, 0.3) is 0 Å². The summed E-state index contributed by atoms with van der Waals surface area (Å²) in [7, 11) is 1.55. The second-order valence-corrected chi connectivity index (χ2v) is 6.98. The highest BCUT2D eigenvalue weighted by molar-refractivity contribution is 6.05. The Balaban J connectivity index is 1.52. The van der Waals surface area contributed by atoms with Gasteiger partial charge in [0.1, 0.15) is 17.2 Å². The smallest absolute Gasteiger partial charge is 0.262 e. The number of benzene rings is 3. The molecule has 0 spiro atoms. The number of rotatable bonds is 9. The Morgan fingerprint density at radius 2 is 1.50 bits per heavy atom. The minimum absolute atomic E-state index is 0.154. The van der Waals surface area contributed by atoms with E-state index in [9.17, 15) is 9.59 Å². The van der Waals surface area contributed by atoms with Crippen LogP contribution in [0.2, 0.25) is 0 Å². The lowest BCUT2D eigenvalue weighted by atomic mass is 10.1. The number of hydrogen-bond donors (Lipinski definition) is 2. The highest BCUT2D eigenvalue weighted by Crippen LogP contribution is 2.26. The molecule has 2 amide bonds. The number of anilines is 2. The van der Waals surface area contributed by atoms with Gasteiger partial charge in [0.05, 0.1) is 19.4 Å². The van der Waals surface area contributed by atoms with E-state index in [0.29, 0.717) is 35.0 Å². The summed E-state index contributed by atoms with van der Waals surface area (Å²) in [5.41, 5.74) is 2.72. The van der Waals surface area contributed by atoms with E-state index in [-0.39, 0.29) is 18.4 Å². The molecule has 0 fully saturated rings. The van der Waals surface area contributed by atoms with Crippen molar-refractivity contribution in [2.24, 2.45) is 0 Å². The molecule has 0 radical (unpaired) electrons. The normalized spacial score (nSPS) is 10.2. The Morgan fingerprint density at radius 1 is 0.844 bits per heavy atom. The highest BCUT2D eigenvalue weighted by Gasteiger charge is 2.11. The van der Waals surface area contributed by atoms with Crippen LogP contribution in [-0.4, -0.2) is 32.1 Å². The van der Waals surface area contributed by atoms with Crippen molar-refractivity contribution in [3.8, 4) is 17.2 Å². The maximum Gasteiger partial charge on any atom is 0.262 e. The summed E-state index contributed by atoms with van der Waals surface area (Å²) in [5.74, 6) is 1.25. The van der Waals surface area contributed by atoms with Crippen LogP contribution in [0.4, 0.5) is 11.4 Å². The van der Waals surface area contributed by atoms with Gasteiger partial charge in [-0.25, -0.2) is 0 Å². The van der Waals surface area contributed by atoms with Crippen LogP contribution >= 0.6 is 0 Å². The summed E-state index contributed by atoms with van der Waals surface area (Å²) in [6, 6.07) is 19.2. The first kappa shape index (κ1) is 22.7. The fraction of sp³-hybridized carbons (Fsp3) is 0.200. The van der Waals surface area contributed by atoms with E-state index in [4.69, 9.17) is 14.2 Å². The van der Waals surface area contributed by atoms with Crippen molar-refractivity contribution in [1.82, 2.24) is 0 Å². The van der Waals surface area contributed by atoms with Crippen molar-refractivity contribution in [1.29, 1.82) is 0 Å². The molecule has 32 heavy (non-hydrogen) atoms. The molecule has 0 bridgehead atoms. The van der Waals surface area contributed by atoms with E-state index >= 15 is 0 Å². The first-order valence-electron chi connectivity index (χ1n) is 10.2. The zero-order valence-corrected chi connectivity index (χ0v) is 18.3. The zero-order valence-electron chi connectivity index (χ0n) is 18.3. The quantitative estimate of drug-likeness (QED) is 0.511.